The zero-order chi connectivity index (χ0) is 13.1. The summed E-state index contributed by atoms with van der Waals surface area (Å²) < 4.78 is 5.04. The number of nitrogens with one attached hydrogen (secondary N) is 1. The van der Waals surface area contributed by atoms with Gasteiger partial charge >= 0.3 is 5.97 Å². The van der Waals surface area contributed by atoms with Crippen LogP contribution in [0, 0.1) is 5.92 Å². The lowest BCUT2D eigenvalue weighted by Crippen LogP contribution is -2.37. The monoisotopic (exact) mass is 261 g/mol. The molecule has 0 unspecified atom stereocenters. The van der Waals surface area contributed by atoms with Crippen LogP contribution in [-0.2, 0) is 9.53 Å². The minimum Gasteiger partial charge on any atom is -0.464 e. The third-order valence-corrected chi connectivity index (χ3v) is 3.90. The lowest BCUT2D eigenvalue weighted by Gasteiger charge is -2.20. The summed E-state index contributed by atoms with van der Waals surface area (Å²) in [6.45, 7) is 3.46. The Kier molecular flexibility index (Phi) is 3.64. The van der Waals surface area contributed by atoms with Crippen LogP contribution in [0.5, 0.6) is 0 Å². The number of ether oxygens (including phenoxy) is 1. The maximum absolute atomic E-state index is 11.6. The van der Waals surface area contributed by atoms with Gasteiger partial charge in [-0.05, 0) is 31.0 Å². The summed E-state index contributed by atoms with van der Waals surface area (Å²) in [5.41, 5.74) is 0. The highest BCUT2D eigenvalue weighted by atomic mass is 16.5. The van der Waals surface area contributed by atoms with Crippen molar-refractivity contribution in [2.45, 2.75) is 18.9 Å². The van der Waals surface area contributed by atoms with Gasteiger partial charge in [-0.25, -0.2) is 4.98 Å². The van der Waals surface area contributed by atoms with Crippen LogP contribution in [0.2, 0.25) is 0 Å². The van der Waals surface area contributed by atoms with E-state index in [2.05, 4.69) is 15.2 Å². The summed E-state index contributed by atoms with van der Waals surface area (Å²) in [5.74, 6) is 1.45. The first-order valence-corrected chi connectivity index (χ1v) is 6.88. The van der Waals surface area contributed by atoms with Crippen molar-refractivity contribution in [3.05, 3.63) is 24.4 Å². The van der Waals surface area contributed by atoms with Crippen LogP contribution in [0.4, 0.5) is 5.82 Å². The van der Waals surface area contributed by atoms with E-state index in [9.17, 15) is 4.79 Å². The molecule has 2 atom stereocenters. The van der Waals surface area contributed by atoms with Crippen LogP contribution in [0.15, 0.2) is 24.4 Å². The molecule has 0 radical (unpaired) electrons. The van der Waals surface area contributed by atoms with Gasteiger partial charge in [-0.15, -0.1) is 0 Å². The molecule has 19 heavy (non-hydrogen) atoms. The fourth-order valence-corrected chi connectivity index (χ4v) is 2.85. The molecule has 2 fully saturated rings. The van der Waals surface area contributed by atoms with Crippen molar-refractivity contribution in [1.29, 1.82) is 0 Å². The fraction of sp³-hybridized carbons (Fsp3) is 0.571. The summed E-state index contributed by atoms with van der Waals surface area (Å²) in [6.07, 6.45) is 3.76. The van der Waals surface area contributed by atoms with Gasteiger partial charge in [-0.1, -0.05) is 6.07 Å². The van der Waals surface area contributed by atoms with Crippen LogP contribution >= 0.6 is 0 Å². The summed E-state index contributed by atoms with van der Waals surface area (Å²) in [5, 5.41) is 3.35. The summed E-state index contributed by atoms with van der Waals surface area (Å²) >= 11 is 0. The average Bonchev–Trinajstić information content (AvgIpc) is 3.06. The van der Waals surface area contributed by atoms with Gasteiger partial charge < -0.3 is 10.1 Å². The first-order valence-electron chi connectivity index (χ1n) is 6.88. The Morgan fingerprint density at radius 1 is 1.42 bits per heavy atom. The Balaban J connectivity index is 1.48. The molecule has 0 amide bonds. The van der Waals surface area contributed by atoms with Gasteiger partial charge in [0, 0.05) is 25.7 Å². The summed E-state index contributed by atoms with van der Waals surface area (Å²) in [6, 6.07) is 5.86. The molecule has 1 aromatic heterocycles. The van der Waals surface area contributed by atoms with Crippen molar-refractivity contribution in [2.24, 2.45) is 5.92 Å². The molecule has 102 valence electrons. The van der Waals surface area contributed by atoms with Gasteiger partial charge in [0.2, 0.25) is 0 Å². The van der Waals surface area contributed by atoms with Gasteiger partial charge in [0.25, 0.3) is 0 Å². The van der Waals surface area contributed by atoms with E-state index in [1.807, 2.05) is 18.2 Å². The van der Waals surface area contributed by atoms with E-state index in [0.29, 0.717) is 12.5 Å². The lowest BCUT2D eigenvalue weighted by atomic mass is 10.1. The number of anilines is 1. The molecule has 2 aliphatic heterocycles. The largest absolute Gasteiger partial charge is 0.464 e. The number of carbonyl (C=O) groups is 1. The Bertz CT molecular complexity index is 438. The number of cyclic esters (lactones) is 1. The van der Waals surface area contributed by atoms with E-state index in [1.165, 1.54) is 0 Å². The fourth-order valence-electron chi connectivity index (χ4n) is 2.85. The number of aromatic nitrogens is 1. The van der Waals surface area contributed by atoms with Crippen LogP contribution in [0.1, 0.15) is 12.8 Å². The maximum Gasteiger partial charge on any atom is 0.323 e. The predicted molar refractivity (Wildman–Crippen MR) is 71.8 cm³/mol. The second-order valence-corrected chi connectivity index (χ2v) is 5.22. The molecule has 2 aliphatic rings. The third-order valence-electron chi connectivity index (χ3n) is 3.90. The highest BCUT2D eigenvalue weighted by molar-refractivity contribution is 5.77. The second-order valence-electron chi connectivity index (χ2n) is 5.22. The Hall–Kier alpha value is -1.62. The third kappa shape index (κ3) is 2.87. The molecule has 1 aromatic rings. The maximum atomic E-state index is 11.6. The Labute approximate surface area is 113 Å². The first kappa shape index (κ1) is 12.4. The molecular weight excluding hydrogens is 242 g/mol. The van der Waals surface area contributed by atoms with E-state index in [1.54, 1.807) is 6.20 Å². The molecule has 0 aliphatic carbocycles. The molecule has 5 heteroatoms. The van der Waals surface area contributed by atoms with Crippen molar-refractivity contribution in [1.82, 2.24) is 9.88 Å². The molecule has 0 bridgehead atoms. The van der Waals surface area contributed by atoms with Crippen molar-refractivity contribution < 1.29 is 9.53 Å². The zero-order valence-electron chi connectivity index (χ0n) is 10.9. The molecule has 0 saturated carbocycles. The van der Waals surface area contributed by atoms with Gasteiger partial charge in [-0.2, -0.15) is 0 Å². The summed E-state index contributed by atoms with van der Waals surface area (Å²) in [7, 11) is 0. The normalized spacial score (nSPS) is 27.5. The standard InChI is InChI=1S/C14H19N3O2/c18-14-12(5-8-19-14)17-7-4-11(10-17)9-16-13-3-1-2-6-15-13/h1-3,6,11-12H,4-5,7-10H2,(H,15,16)/t11-,12+/m1/s1. The molecule has 0 spiro atoms. The summed E-state index contributed by atoms with van der Waals surface area (Å²) in [4.78, 5) is 18.1. The highest BCUT2D eigenvalue weighted by Crippen LogP contribution is 2.23. The molecule has 2 saturated heterocycles. The van der Waals surface area contributed by atoms with Crippen LogP contribution in [0.25, 0.3) is 0 Å². The number of rotatable bonds is 4. The molecule has 3 heterocycles. The quantitative estimate of drug-likeness (QED) is 0.823. The van der Waals surface area contributed by atoms with E-state index in [4.69, 9.17) is 4.74 Å². The molecule has 0 aromatic carbocycles. The minimum absolute atomic E-state index is 0.000139. The van der Waals surface area contributed by atoms with Crippen molar-refractivity contribution in [3.8, 4) is 0 Å². The average molecular weight is 261 g/mol. The van der Waals surface area contributed by atoms with Crippen molar-refractivity contribution in [3.63, 3.8) is 0 Å². The van der Waals surface area contributed by atoms with Crippen LogP contribution in [-0.4, -0.2) is 48.1 Å². The smallest absolute Gasteiger partial charge is 0.323 e. The number of hydrogen-bond acceptors (Lipinski definition) is 5. The molecular formula is C14H19N3O2. The van der Waals surface area contributed by atoms with E-state index in [0.717, 1.165) is 38.3 Å². The van der Waals surface area contributed by atoms with E-state index in [-0.39, 0.29) is 12.0 Å². The van der Waals surface area contributed by atoms with E-state index < -0.39 is 0 Å². The number of likely N-dealkylation sites (tertiary alicyclic amines) is 1. The van der Waals surface area contributed by atoms with E-state index >= 15 is 0 Å². The molecule has 5 nitrogen and oxygen atoms in total. The lowest BCUT2D eigenvalue weighted by molar-refractivity contribution is -0.142. The van der Waals surface area contributed by atoms with Gasteiger partial charge in [0.15, 0.2) is 0 Å². The topological polar surface area (TPSA) is 54.5 Å². The molecule has 1 N–H and O–H groups in total. The number of hydrogen-bond donors (Lipinski definition) is 1. The number of carbonyl (C=O) groups excluding carboxylic acids is 1. The van der Waals surface area contributed by atoms with Crippen LogP contribution in [0.3, 0.4) is 0 Å². The number of pyridine rings is 1. The predicted octanol–water partition coefficient (Wildman–Crippen LogP) is 1.13. The highest BCUT2D eigenvalue weighted by Gasteiger charge is 2.36. The Morgan fingerprint density at radius 3 is 3.11 bits per heavy atom. The zero-order valence-corrected chi connectivity index (χ0v) is 10.9. The van der Waals surface area contributed by atoms with Gasteiger partial charge in [-0.3, -0.25) is 9.69 Å². The minimum atomic E-state index is -0.0432. The van der Waals surface area contributed by atoms with Crippen LogP contribution < -0.4 is 5.32 Å². The Morgan fingerprint density at radius 2 is 2.37 bits per heavy atom. The SMILES string of the molecule is O=C1OCC[C@@H]1N1CC[C@H](CNc2ccccn2)C1. The first-order chi connectivity index (χ1) is 9.33. The second kappa shape index (κ2) is 5.57. The van der Waals surface area contributed by atoms with Gasteiger partial charge in [0.05, 0.1) is 6.61 Å². The number of esters is 1. The molecule has 3 rings (SSSR count). The van der Waals surface area contributed by atoms with Crippen molar-refractivity contribution >= 4 is 11.8 Å². The van der Waals surface area contributed by atoms with Gasteiger partial charge in [0.1, 0.15) is 11.9 Å². The van der Waals surface area contributed by atoms with Crippen molar-refractivity contribution in [2.75, 3.05) is 31.6 Å². The number of nitrogens with zero attached hydrogens (tertiary/aromatic N) is 2.